The molecule has 18 heavy (non-hydrogen) atoms. The Balaban J connectivity index is 2.57. The van der Waals surface area contributed by atoms with Gasteiger partial charge in [0.05, 0.1) is 5.69 Å². The molecule has 0 aromatic carbocycles. The van der Waals surface area contributed by atoms with E-state index in [1.165, 1.54) is 6.92 Å². The SMILES string of the molecule is CC(=O)c1sc(-c2cccc(C)n2)nc1C(=O)O. The number of carboxylic acid groups (broad SMARTS) is 1. The summed E-state index contributed by atoms with van der Waals surface area (Å²) in [6.07, 6.45) is 0. The van der Waals surface area contributed by atoms with Gasteiger partial charge in [0.2, 0.25) is 0 Å². The third kappa shape index (κ3) is 2.28. The molecule has 0 atom stereocenters. The van der Waals surface area contributed by atoms with Crippen LogP contribution in [-0.4, -0.2) is 26.8 Å². The van der Waals surface area contributed by atoms with Gasteiger partial charge in [-0.05, 0) is 19.1 Å². The number of pyridine rings is 1. The zero-order valence-corrected chi connectivity index (χ0v) is 10.6. The highest BCUT2D eigenvalue weighted by atomic mass is 32.1. The van der Waals surface area contributed by atoms with Crippen molar-refractivity contribution in [2.24, 2.45) is 0 Å². The van der Waals surface area contributed by atoms with Gasteiger partial charge in [0, 0.05) is 12.6 Å². The Morgan fingerprint density at radius 3 is 2.50 bits per heavy atom. The number of thiazole rings is 1. The van der Waals surface area contributed by atoms with E-state index in [9.17, 15) is 9.59 Å². The Hall–Kier alpha value is -2.08. The van der Waals surface area contributed by atoms with E-state index in [-0.39, 0.29) is 16.4 Å². The Morgan fingerprint density at radius 2 is 2.00 bits per heavy atom. The summed E-state index contributed by atoms with van der Waals surface area (Å²) in [7, 11) is 0. The molecule has 0 fully saturated rings. The molecule has 2 rings (SSSR count). The van der Waals surface area contributed by atoms with Crippen molar-refractivity contribution in [3.05, 3.63) is 34.5 Å². The number of rotatable bonds is 3. The van der Waals surface area contributed by atoms with Crippen molar-refractivity contribution < 1.29 is 14.7 Å². The molecule has 0 amide bonds. The lowest BCUT2D eigenvalue weighted by Gasteiger charge is -1.95. The number of carbonyl (C=O) groups is 2. The van der Waals surface area contributed by atoms with Crippen molar-refractivity contribution in [1.82, 2.24) is 9.97 Å². The summed E-state index contributed by atoms with van der Waals surface area (Å²) in [5.41, 5.74) is 1.18. The first-order valence-corrected chi connectivity index (χ1v) is 6.00. The number of aromatic nitrogens is 2. The molecule has 5 nitrogen and oxygen atoms in total. The lowest BCUT2D eigenvalue weighted by molar-refractivity contribution is 0.0687. The molecule has 0 saturated carbocycles. The van der Waals surface area contributed by atoms with E-state index < -0.39 is 5.97 Å². The third-order valence-electron chi connectivity index (χ3n) is 2.26. The molecule has 92 valence electrons. The quantitative estimate of drug-likeness (QED) is 0.859. The van der Waals surface area contributed by atoms with Crippen LogP contribution in [0.25, 0.3) is 10.7 Å². The average Bonchev–Trinajstić information content (AvgIpc) is 2.73. The molecule has 0 saturated heterocycles. The van der Waals surface area contributed by atoms with Crippen molar-refractivity contribution in [2.45, 2.75) is 13.8 Å². The second kappa shape index (κ2) is 4.66. The highest BCUT2D eigenvalue weighted by Gasteiger charge is 2.21. The fraction of sp³-hybridized carbons (Fsp3) is 0.167. The first kappa shape index (κ1) is 12.4. The van der Waals surface area contributed by atoms with Crippen molar-refractivity contribution in [2.75, 3.05) is 0 Å². The van der Waals surface area contributed by atoms with Crippen molar-refractivity contribution in [3.63, 3.8) is 0 Å². The maximum atomic E-state index is 11.4. The molecular formula is C12H10N2O3S. The van der Waals surface area contributed by atoms with Gasteiger partial charge in [-0.3, -0.25) is 9.78 Å². The van der Waals surface area contributed by atoms with Crippen LogP contribution in [0.2, 0.25) is 0 Å². The van der Waals surface area contributed by atoms with Gasteiger partial charge in [0.25, 0.3) is 0 Å². The number of hydrogen-bond donors (Lipinski definition) is 1. The molecule has 1 N–H and O–H groups in total. The van der Waals surface area contributed by atoms with Crippen LogP contribution in [0.15, 0.2) is 18.2 Å². The second-order valence-corrected chi connectivity index (χ2v) is 4.72. The maximum Gasteiger partial charge on any atom is 0.356 e. The number of aromatic carboxylic acids is 1. The van der Waals surface area contributed by atoms with Crippen LogP contribution in [0, 0.1) is 6.92 Å². The summed E-state index contributed by atoms with van der Waals surface area (Å²) < 4.78 is 0. The zero-order valence-electron chi connectivity index (χ0n) is 9.80. The summed E-state index contributed by atoms with van der Waals surface area (Å²) >= 11 is 1.05. The molecule has 0 radical (unpaired) electrons. The number of aryl methyl sites for hydroxylation is 1. The first-order valence-electron chi connectivity index (χ1n) is 5.18. The van der Waals surface area contributed by atoms with Gasteiger partial charge >= 0.3 is 5.97 Å². The van der Waals surface area contributed by atoms with Crippen LogP contribution in [0.5, 0.6) is 0 Å². The van der Waals surface area contributed by atoms with Crippen LogP contribution >= 0.6 is 11.3 Å². The van der Waals surface area contributed by atoms with Crippen LogP contribution in [0.4, 0.5) is 0 Å². The van der Waals surface area contributed by atoms with Gasteiger partial charge in [-0.2, -0.15) is 0 Å². The molecule has 0 bridgehead atoms. The van der Waals surface area contributed by atoms with Crippen molar-refractivity contribution in [1.29, 1.82) is 0 Å². The lowest BCUT2D eigenvalue weighted by Crippen LogP contribution is -2.03. The van der Waals surface area contributed by atoms with Crippen LogP contribution in [0.1, 0.15) is 32.8 Å². The van der Waals surface area contributed by atoms with Gasteiger partial charge in [0.1, 0.15) is 9.88 Å². The Bertz CT molecular complexity index is 603. The minimum Gasteiger partial charge on any atom is -0.476 e. The van der Waals surface area contributed by atoms with Gasteiger partial charge in [-0.15, -0.1) is 11.3 Å². The normalized spacial score (nSPS) is 10.3. The van der Waals surface area contributed by atoms with Gasteiger partial charge in [0.15, 0.2) is 11.5 Å². The molecule has 0 aliphatic carbocycles. The van der Waals surface area contributed by atoms with E-state index in [0.717, 1.165) is 17.0 Å². The van der Waals surface area contributed by atoms with E-state index in [0.29, 0.717) is 10.7 Å². The number of hydrogen-bond acceptors (Lipinski definition) is 5. The molecule has 2 aromatic rings. The van der Waals surface area contributed by atoms with E-state index in [1.54, 1.807) is 6.07 Å². The smallest absolute Gasteiger partial charge is 0.356 e. The first-order chi connectivity index (χ1) is 8.49. The largest absolute Gasteiger partial charge is 0.476 e. The fourth-order valence-corrected chi connectivity index (χ4v) is 2.40. The predicted molar refractivity (Wildman–Crippen MR) is 67.0 cm³/mol. The van der Waals surface area contributed by atoms with E-state index in [1.807, 2.05) is 19.1 Å². The van der Waals surface area contributed by atoms with Crippen LogP contribution in [0.3, 0.4) is 0 Å². The minimum atomic E-state index is -1.20. The standard InChI is InChI=1S/C12H10N2O3S/c1-6-4-3-5-8(13-6)11-14-9(12(16)17)10(18-11)7(2)15/h3-5H,1-2H3,(H,16,17). The topological polar surface area (TPSA) is 80.2 Å². The summed E-state index contributed by atoms with van der Waals surface area (Å²) in [5, 5.41) is 9.45. The molecule has 2 heterocycles. The Kier molecular flexibility index (Phi) is 3.20. The summed E-state index contributed by atoms with van der Waals surface area (Å²) in [5.74, 6) is -1.50. The second-order valence-electron chi connectivity index (χ2n) is 3.72. The van der Waals surface area contributed by atoms with E-state index in [2.05, 4.69) is 9.97 Å². The minimum absolute atomic E-state index is 0.154. The maximum absolute atomic E-state index is 11.4. The number of nitrogens with zero attached hydrogens (tertiary/aromatic N) is 2. The molecule has 0 spiro atoms. The number of carboxylic acids is 1. The number of carbonyl (C=O) groups excluding carboxylic acids is 1. The number of ketones is 1. The molecule has 0 aliphatic heterocycles. The summed E-state index contributed by atoms with van der Waals surface area (Å²) in [6, 6.07) is 5.38. The number of Topliss-reactive ketones (excluding diaryl/α,β-unsaturated/α-hetero) is 1. The average molecular weight is 262 g/mol. The molecular weight excluding hydrogens is 252 g/mol. The highest BCUT2D eigenvalue weighted by molar-refractivity contribution is 7.17. The lowest BCUT2D eigenvalue weighted by atomic mass is 10.3. The van der Waals surface area contributed by atoms with E-state index in [4.69, 9.17) is 5.11 Å². The highest BCUT2D eigenvalue weighted by Crippen LogP contribution is 2.27. The molecule has 0 unspecified atom stereocenters. The fourth-order valence-electron chi connectivity index (χ4n) is 1.48. The van der Waals surface area contributed by atoms with Crippen molar-refractivity contribution in [3.8, 4) is 10.7 Å². The predicted octanol–water partition coefficient (Wildman–Crippen LogP) is 2.41. The monoisotopic (exact) mass is 262 g/mol. The van der Waals surface area contributed by atoms with Crippen LogP contribution < -0.4 is 0 Å². The zero-order chi connectivity index (χ0) is 13.3. The summed E-state index contributed by atoms with van der Waals surface area (Å²) in [4.78, 5) is 30.8. The van der Waals surface area contributed by atoms with Crippen molar-refractivity contribution >= 4 is 23.1 Å². The summed E-state index contributed by atoms with van der Waals surface area (Å²) in [6.45, 7) is 3.16. The van der Waals surface area contributed by atoms with Gasteiger partial charge < -0.3 is 5.11 Å². The van der Waals surface area contributed by atoms with E-state index >= 15 is 0 Å². The Morgan fingerprint density at radius 1 is 1.28 bits per heavy atom. The van der Waals surface area contributed by atoms with Gasteiger partial charge in [-0.1, -0.05) is 6.07 Å². The molecule has 2 aromatic heterocycles. The van der Waals surface area contributed by atoms with Crippen LogP contribution in [-0.2, 0) is 0 Å². The molecule has 6 heteroatoms. The van der Waals surface area contributed by atoms with Gasteiger partial charge in [-0.25, -0.2) is 9.78 Å². The third-order valence-corrected chi connectivity index (χ3v) is 3.44. The Labute approximate surface area is 107 Å². The molecule has 0 aliphatic rings.